The lowest BCUT2D eigenvalue weighted by Crippen LogP contribution is -2.52. The molecule has 0 unspecified atom stereocenters. The smallest absolute Gasteiger partial charge is 0.256 e. The first-order valence-corrected chi connectivity index (χ1v) is 10.6. The summed E-state index contributed by atoms with van der Waals surface area (Å²) in [4.78, 5) is 30.5. The molecule has 2 bridgehead atoms. The predicted molar refractivity (Wildman–Crippen MR) is 116 cm³/mol. The van der Waals surface area contributed by atoms with E-state index in [1.165, 1.54) is 0 Å². The number of fused-ring (bicyclic) bond motifs is 4. The number of para-hydroxylation sites is 1. The summed E-state index contributed by atoms with van der Waals surface area (Å²) in [5.74, 6) is 0.409. The third kappa shape index (κ3) is 3.46. The summed E-state index contributed by atoms with van der Waals surface area (Å²) in [5, 5.41) is 7.76. The Morgan fingerprint density at radius 3 is 2.61 bits per heavy atom. The van der Waals surface area contributed by atoms with Gasteiger partial charge in [0.15, 0.2) is 0 Å². The van der Waals surface area contributed by atoms with E-state index in [-0.39, 0.29) is 29.3 Å². The number of pyridine rings is 1. The van der Waals surface area contributed by atoms with Gasteiger partial charge < -0.3 is 14.4 Å². The molecule has 1 fully saturated rings. The van der Waals surface area contributed by atoms with Crippen molar-refractivity contribution in [2.45, 2.75) is 18.4 Å². The van der Waals surface area contributed by atoms with E-state index in [9.17, 15) is 9.59 Å². The molecule has 0 aliphatic carbocycles. The lowest BCUT2D eigenvalue weighted by molar-refractivity contribution is 0.0498. The zero-order chi connectivity index (χ0) is 21.5. The van der Waals surface area contributed by atoms with Crippen LogP contribution >= 0.6 is 0 Å². The Morgan fingerprint density at radius 2 is 1.84 bits per heavy atom. The molecule has 4 heterocycles. The molecule has 0 spiro atoms. The first kappa shape index (κ1) is 19.7. The summed E-state index contributed by atoms with van der Waals surface area (Å²) < 4.78 is 3.74. The first-order valence-electron chi connectivity index (χ1n) is 10.6. The van der Waals surface area contributed by atoms with E-state index in [0.29, 0.717) is 18.7 Å². The van der Waals surface area contributed by atoms with Crippen LogP contribution in [0.4, 0.5) is 0 Å². The molecule has 1 amide bonds. The van der Waals surface area contributed by atoms with E-state index in [1.54, 1.807) is 23.3 Å². The summed E-state index contributed by atoms with van der Waals surface area (Å²) >= 11 is 0. The molecule has 160 valence electrons. The second-order valence-corrected chi connectivity index (χ2v) is 8.78. The molecular weight excluding hydrogens is 392 g/mol. The lowest BCUT2D eigenvalue weighted by Gasteiger charge is -2.47. The molecule has 8 heteroatoms. The standard InChI is InChI=1S/C23H26N6O2/c1-26(2)13-21-17-10-16(19-8-5-9-22(30)29(19)21)11-27(12-17)23(31)18-6-3-4-7-20(18)28-14-24-25-15-28/h3-9,14-17,21H,10-13H2,1-2H3/t16-,17+,21+/m1/s1. The van der Waals surface area contributed by atoms with Crippen molar-refractivity contribution in [1.29, 1.82) is 0 Å². The summed E-state index contributed by atoms with van der Waals surface area (Å²) in [5.41, 5.74) is 2.50. The van der Waals surface area contributed by atoms with E-state index in [4.69, 9.17) is 0 Å². The average Bonchev–Trinajstić information content (AvgIpc) is 3.31. The third-order valence-corrected chi connectivity index (χ3v) is 6.47. The molecule has 1 aromatic carbocycles. The molecule has 5 rings (SSSR count). The molecule has 31 heavy (non-hydrogen) atoms. The Labute approximate surface area is 180 Å². The number of benzene rings is 1. The largest absolute Gasteiger partial charge is 0.338 e. The Kier molecular flexibility index (Phi) is 4.94. The summed E-state index contributed by atoms with van der Waals surface area (Å²) in [6, 6.07) is 13.1. The van der Waals surface area contributed by atoms with Gasteiger partial charge in [-0.05, 0) is 44.6 Å². The highest BCUT2D eigenvalue weighted by Crippen LogP contribution is 2.41. The average molecular weight is 419 g/mol. The summed E-state index contributed by atoms with van der Waals surface area (Å²) in [6.45, 7) is 2.03. The number of hydrogen-bond donors (Lipinski definition) is 0. The quantitative estimate of drug-likeness (QED) is 0.646. The highest BCUT2D eigenvalue weighted by atomic mass is 16.2. The van der Waals surface area contributed by atoms with E-state index in [2.05, 4.69) is 15.1 Å². The van der Waals surface area contributed by atoms with E-state index in [1.807, 2.05) is 60.0 Å². The Bertz CT molecular complexity index is 1150. The molecule has 2 aliphatic heterocycles. The van der Waals surface area contributed by atoms with E-state index < -0.39 is 0 Å². The third-order valence-electron chi connectivity index (χ3n) is 6.47. The highest BCUT2D eigenvalue weighted by molar-refractivity contribution is 5.98. The second kappa shape index (κ2) is 7.77. The van der Waals surface area contributed by atoms with Crippen molar-refractivity contribution in [3.63, 3.8) is 0 Å². The fourth-order valence-corrected chi connectivity index (χ4v) is 5.19. The monoisotopic (exact) mass is 418 g/mol. The van der Waals surface area contributed by atoms with Crippen molar-refractivity contribution < 1.29 is 4.79 Å². The van der Waals surface area contributed by atoms with Gasteiger partial charge in [0.05, 0.1) is 17.3 Å². The van der Waals surface area contributed by atoms with Gasteiger partial charge in [-0.1, -0.05) is 18.2 Å². The predicted octanol–water partition coefficient (Wildman–Crippen LogP) is 1.79. The fourth-order valence-electron chi connectivity index (χ4n) is 5.19. The molecule has 1 saturated heterocycles. The number of rotatable bonds is 4. The van der Waals surface area contributed by atoms with Crippen molar-refractivity contribution in [2.75, 3.05) is 33.7 Å². The van der Waals surface area contributed by atoms with Gasteiger partial charge in [-0.3, -0.25) is 14.2 Å². The number of carbonyl (C=O) groups is 1. The topological polar surface area (TPSA) is 76.3 Å². The van der Waals surface area contributed by atoms with Gasteiger partial charge in [-0.25, -0.2) is 0 Å². The lowest BCUT2D eigenvalue weighted by atomic mass is 9.78. The number of aromatic nitrogens is 4. The highest BCUT2D eigenvalue weighted by Gasteiger charge is 2.42. The molecule has 3 aromatic rings. The summed E-state index contributed by atoms with van der Waals surface area (Å²) in [7, 11) is 4.06. The Balaban J connectivity index is 1.51. The number of piperidine rings is 1. The molecular formula is C23H26N6O2. The van der Waals surface area contributed by atoms with E-state index >= 15 is 0 Å². The molecule has 0 N–H and O–H groups in total. The van der Waals surface area contributed by atoms with Gasteiger partial charge in [0.25, 0.3) is 11.5 Å². The van der Waals surface area contributed by atoms with Crippen LogP contribution in [-0.2, 0) is 0 Å². The minimum Gasteiger partial charge on any atom is -0.338 e. The second-order valence-electron chi connectivity index (χ2n) is 8.78. The minimum atomic E-state index is 0.00864. The molecule has 0 radical (unpaired) electrons. The van der Waals surface area contributed by atoms with E-state index in [0.717, 1.165) is 24.3 Å². The van der Waals surface area contributed by atoms with Crippen LogP contribution in [0.2, 0.25) is 0 Å². The molecule has 3 atom stereocenters. The molecule has 8 nitrogen and oxygen atoms in total. The van der Waals surface area contributed by atoms with Crippen molar-refractivity contribution in [2.24, 2.45) is 5.92 Å². The Hall–Kier alpha value is -3.26. The van der Waals surface area contributed by atoms with Gasteiger partial charge in [-0.2, -0.15) is 0 Å². The molecule has 2 aliphatic rings. The molecule has 0 saturated carbocycles. The van der Waals surface area contributed by atoms with Crippen molar-refractivity contribution in [1.82, 2.24) is 29.1 Å². The van der Waals surface area contributed by atoms with Gasteiger partial charge >= 0.3 is 0 Å². The van der Waals surface area contributed by atoms with Crippen molar-refractivity contribution in [3.8, 4) is 5.69 Å². The van der Waals surface area contributed by atoms with Crippen LogP contribution in [0, 0.1) is 5.92 Å². The Morgan fingerprint density at radius 1 is 1.06 bits per heavy atom. The maximum absolute atomic E-state index is 13.6. The van der Waals surface area contributed by atoms with Crippen LogP contribution < -0.4 is 5.56 Å². The fraction of sp³-hybridized carbons (Fsp3) is 0.391. The number of nitrogens with zero attached hydrogens (tertiary/aromatic N) is 6. The van der Waals surface area contributed by atoms with Gasteiger partial charge in [0, 0.05) is 37.3 Å². The molecule has 2 aromatic heterocycles. The van der Waals surface area contributed by atoms with Crippen LogP contribution in [0.5, 0.6) is 0 Å². The zero-order valence-electron chi connectivity index (χ0n) is 17.8. The van der Waals surface area contributed by atoms with Crippen LogP contribution in [0.15, 0.2) is 59.9 Å². The zero-order valence-corrected chi connectivity index (χ0v) is 17.8. The maximum atomic E-state index is 13.6. The van der Waals surface area contributed by atoms with Crippen LogP contribution in [0.1, 0.15) is 34.4 Å². The minimum absolute atomic E-state index is 0.00864. The van der Waals surface area contributed by atoms with Crippen LogP contribution in [-0.4, -0.2) is 68.8 Å². The number of hydrogen-bond acceptors (Lipinski definition) is 5. The SMILES string of the molecule is CN(C)C[C@H]1[C@H]2C[C@H](CN(C(=O)c3ccccc3-n3cnnc3)C2)c2cccc(=O)n21. The number of likely N-dealkylation sites (N-methyl/N-ethyl adjacent to an activating group) is 1. The summed E-state index contributed by atoms with van der Waals surface area (Å²) in [6.07, 6.45) is 4.21. The maximum Gasteiger partial charge on any atom is 0.256 e. The van der Waals surface area contributed by atoms with Gasteiger partial charge in [0.1, 0.15) is 12.7 Å². The normalized spacial score (nSPS) is 22.4. The first-order chi connectivity index (χ1) is 15.0. The number of likely N-dealkylation sites (tertiary alicyclic amines) is 1. The van der Waals surface area contributed by atoms with Crippen LogP contribution in [0.3, 0.4) is 0 Å². The van der Waals surface area contributed by atoms with Crippen LogP contribution in [0.25, 0.3) is 5.69 Å². The number of carbonyl (C=O) groups excluding carboxylic acids is 1. The van der Waals surface area contributed by atoms with Crippen molar-refractivity contribution >= 4 is 5.91 Å². The van der Waals surface area contributed by atoms with Crippen molar-refractivity contribution in [3.05, 3.63) is 76.7 Å². The van der Waals surface area contributed by atoms with Gasteiger partial charge in [0.2, 0.25) is 0 Å². The number of amides is 1. The van der Waals surface area contributed by atoms with Gasteiger partial charge in [-0.15, -0.1) is 10.2 Å².